The van der Waals surface area contributed by atoms with Gasteiger partial charge in [-0.3, -0.25) is 0 Å². The summed E-state index contributed by atoms with van der Waals surface area (Å²) < 4.78 is 0. The van der Waals surface area contributed by atoms with Crippen molar-refractivity contribution in [1.29, 1.82) is 0 Å². The number of hydrogen-bond acceptors (Lipinski definition) is 4. The van der Waals surface area contributed by atoms with E-state index in [-0.39, 0.29) is 59.6 Å². The number of fused-ring (bicyclic) bond motifs is 4. The summed E-state index contributed by atoms with van der Waals surface area (Å²) >= 11 is 0. The lowest BCUT2D eigenvalue weighted by Gasteiger charge is -2.35. The van der Waals surface area contributed by atoms with Gasteiger partial charge in [-0.05, 0) is 236 Å². The Kier molecular flexibility index (Phi) is 24.2. The molecular formula is C120H144N4. The summed E-state index contributed by atoms with van der Waals surface area (Å²) in [5.41, 5.74) is 28.4. The Hall–Kier alpha value is -10.7. The fourth-order valence-corrected chi connectivity index (χ4v) is 17.2. The fourth-order valence-electron chi connectivity index (χ4n) is 17.2. The van der Waals surface area contributed by atoms with Crippen LogP contribution in [0.2, 0.25) is 0 Å². The van der Waals surface area contributed by atoms with Crippen molar-refractivity contribution in [2.75, 3.05) is 19.6 Å². The first kappa shape index (κ1) is 91.0. The van der Waals surface area contributed by atoms with Crippen LogP contribution in [-0.4, -0.2) is 0 Å². The first-order valence-corrected chi connectivity index (χ1v) is 45.5. The molecule has 0 atom stereocenters. The third kappa shape index (κ3) is 19.2. The van der Waals surface area contributed by atoms with Crippen molar-refractivity contribution in [3.05, 3.63) is 334 Å². The summed E-state index contributed by atoms with van der Waals surface area (Å²) in [6.07, 6.45) is 0. The molecule has 4 heteroatoms. The number of nitrogens with zero attached hydrogens (tertiary/aromatic N) is 4. The predicted octanol–water partition coefficient (Wildman–Crippen LogP) is 36.1. The molecule has 0 radical (unpaired) electrons. The number of hydrogen-bond donors (Lipinski definition) is 0. The van der Waals surface area contributed by atoms with Crippen molar-refractivity contribution in [2.45, 2.75) is 288 Å². The van der Waals surface area contributed by atoms with E-state index < -0.39 is 0 Å². The fraction of sp³-hybridized carbons (Fsp3) is 0.367. The van der Waals surface area contributed by atoms with E-state index in [2.05, 4.69) is 521 Å². The minimum atomic E-state index is -0.0739. The van der Waals surface area contributed by atoms with E-state index in [4.69, 9.17) is 0 Å². The van der Waals surface area contributed by atoms with Crippen LogP contribution in [0.4, 0.5) is 68.2 Å². The maximum absolute atomic E-state index is 2.54. The number of anilines is 12. The summed E-state index contributed by atoms with van der Waals surface area (Å²) in [6.45, 7) is 76.0. The van der Waals surface area contributed by atoms with E-state index in [1.807, 2.05) is 0 Å². The highest BCUT2D eigenvalue weighted by Crippen LogP contribution is 2.56. The molecule has 14 rings (SSSR count). The average molecular weight is 1640 g/mol. The van der Waals surface area contributed by atoms with Crippen LogP contribution in [0.5, 0.6) is 0 Å². The monoisotopic (exact) mass is 1640 g/mol. The molecule has 0 heterocycles. The lowest BCUT2D eigenvalue weighted by atomic mass is 9.82. The number of rotatable bonds is 12. The third-order valence-corrected chi connectivity index (χ3v) is 25.5. The average Bonchev–Trinajstić information content (AvgIpc) is 0.724. The van der Waals surface area contributed by atoms with Crippen molar-refractivity contribution < 1.29 is 0 Å². The maximum atomic E-state index is 2.54. The second-order valence-corrected chi connectivity index (χ2v) is 46.7. The lowest BCUT2D eigenvalue weighted by Crippen LogP contribution is -2.18. The molecule has 0 spiro atoms. The van der Waals surface area contributed by atoms with E-state index in [9.17, 15) is 0 Å². The van der Waals surface area contributed by atoms with Crippen molar-refractivity contribution in [3.63, 3.8) is 0 Å². The summed E-state index contributed by atoms with van der Waals surface area (Å²) in [5, 5.41) is 9.70. The molecule has 644 valence electrons. The van der Waals surface area contributed by atoms with E-state index in [1.54, 1.807) is 0 Å². The van der Waals surface area contributed by atoms with Crippen LogP contribution in [0.25, 0.3) is 43.1 Å². The smallest absolute Gasteiger partial charge is 0.0620 e. The van der Waals surface area contributed by atoms with Gasteiger partial charge < -0.3 is 19.6 Å². The molecular weight excluding hydrogens is 1500 g/mol. The molecule has 0 bridgehead atoms. The Balaban J connectivity index is 0.000000214. The lowest BCUT2D eigenvalue weighted by molar-refractivity contribution is 0.590. The molecule has 0 unspecified atom stereocenters. The molecule has 0 aromatic heterocycles. The van der Waals surface area contributed by atoms with E-state index >= 15 is 0 Å². The van der Waals surface area contributed by atoms with Crippen LogP contribution < -0.4 is 19.6 Å². The van der Waals surface area contributed by atoms with Crippen LogP contribution >= 0.6 is 0 Å². The summed E-state index contributed by atoms with van der Waals surface area (Å²) in [5.74, 6) is 0. The van der Waals surface area contributed by atoms with Crippen LogP contribution in [0, 0.1) is 0 Å². The second-order valence-electron chi connectivity index (χ2n) is 46.7. The highest BCUT2D eigenvalue weighted by molar-refractivity contribution is 6.25. The zero-order valence-electron chi connectivity index (χ0n) is 81.8. The molecule has 4 nitrogen and oxygen atoms in total. The minimum Gasteiger partial charge on any atom is -0.309 e. The van der Waals surface area contributed by atoms with Crippen LogP contribution in [0.3, 0.4) is 0 Å². The van der Waals surface area contributed by atoms with Crippen LogP contribution in [-0.2, 0) is 59.6 Å². The van der Waals surface area contributed by atoms with Gasteiger partial charge in [0.25, 0.3) is 0 Å². The minimum absolute atomic E-state index is 0.0311. The quantitative estimate of drug-likeness (QED) is 0.0893. The molecule has 0 saturated heterocycles. The molecule has 0 saturated carbocycles. The van der Waals surface area contributed by atoms with Gasteiger partial charge in [-0.2, -0.15) is 0 Å². The van der Waals surface area contributed by atoms with Gasteiger partial charge in [-0.1, -0.05) is 386 Å². The molecule has 14 aromatic rings. The Morgan fingerprint density at radius 2 is 0.234 bits per heavy atom. The van der Waals surface area contributed by atoms with Gasteiger partial charge in [0, 0.05) is 88.6 Å². The SMILES string of the molecule is CC(C)(C)c1ccc(N(c2ccc(C(C)(C)C)cc2)c2c3ccc(C(C)(C)C)cc3c(N(c3ccc(C(C)(C)C)cc3)c3ccc(C(C)(C)C)cc3)c3ccc(C(C)(C)C)cc23)cc1.CC(C)(C)c1ccc(N(c2ccc(C(C)(C)C)cc2)c2c3ccccc3c(N(c3ccc(C(C)(C)C)cc3)c3ccc(C(C)(C)C)cc3)c3cc(C(C)(C)C)ccc23)cc1. The third-order valence-electron chi connectivity index (χ3n) is 25.5. The molecule has 0 aliphatic heterocycles. The molecule has 14 aromatic carbocycles. The van der Waals surface area contributed by atoms with Gasteiger partial charge in [0.1, 0.15) is 0 Å². The Morgan fingerprint density at radius 3 is 0.363 bits per heavy atom. The molecule has 0 N–H and O–H groups in total. The topological polar surface area (TPSA) is 13.0 Å². The van der Waals surface area contributed by atoms with Crippen molar-refractivity contribution in [1.82, 2.24) is 0 Å². The van der Waals surface area contributed by atoms with Crippen molar-refractivity contribution >= 4 is 111 Å². The van der Waals surface area contributed by atoms with Gasteiger partial charge >= 0.3 is 0 Å². The van der Waals surface area contributed by atoms with Crippen LogP contribution in [0.15, 0.2) is 273 Å². The highest BCUT2D eigenvalue weighted by Gasteiger charge is 2.34. The first-order valence-electron chi connectivity index (χ1n) is 45.5. The molecule has 124 heavy (non-hydrogen) atoms. The Bertz CT molecular complexity index is 5710. The van der Waals surface area contributed by atoms with Gasteiger partial charge in [-0.15, -0.1) is 0 Å². The molecule has 0 aliphatic rings. The highest BCUT2D eigenvalue weighted by atomic mass is 15.2. The van der Waals surface area contributed by atoms with Gasteiger partial charge in [0.05, 0.1) is 22.7 Å². The summed E-state index contributed by atoms with van der Waals surface area (Å²) in [4.78, 5) is 10.1. The Labute approximate surface area is 748 Å². The first-order chi connectivity index (χ1) is 57.5. The standard InChI is InChI=1S/C62H76N2.C58H68N2/c1-57(2,3)41-19-29-47(30-20-41)63(48-31-21-42(22-32-48)58(4,5)6)55-51-37-27-46(62(16,17)18)40-54(51)56(52-38-28-45(39-53(52)55)61(13,14)15)64(49-33-23-43(24-34-49)59(7,8)9)50-35-25-44(26-36-50)60(10,11)12;1-54(2,3)39-20-29-44(30-21-39)59(45-31-22-40(23-32-45)55(4,5)6)52-48-18-16-17-19-49(48)53(51-38-43(58(13,14)15)28-37-50(51)52)60(46-33-24-41(25-34-46)56(7,8)9)47-35-26-42(27-36-47)57(10,11)12/h19-40H,1-18H3;16-38H,1-15H3. The Morgan fingerprint density at radius 1 is 0.121 bits per heavy atom. The molecule has 0 aliphatic carbocycles. The predicted molar refractivity (Wildman–Crippen MR) is 547 cm³/mol. The van der Waals surface area contributed by atoms with E-state index in [0.717, 1.165) is 45.5 Å². The zero-order valence-corrected chi connectivity index (χ0v) is 81.8. The summed E-state index contributed by atoms with van der Waals surface area (Å²) in [6, 6.07) is 105. The second kappa shape index (κ2) is 33.0. The van der Waals surface area contributed by atoms with Crippen molar-refractivity contribution in [2.24, 2.45) is 0 Å². The number of benzene rings is 14. The van der Waals surface area contributed by atoms with Crippen molar-refractivity contribution in [3.8, 4) is 0 Å². The van der Waals surface area contributed by atoms with E-state index in [0.29, 0.717) is 0 Å². The maximum Gasteiger partial charge on any atom is 0.0620 e. The van der Waals surface area contributed by atoms with E-state index in [1.165, 1.54) is 127 Å². The van der Waals surface area contributed by atoms with Gasteiger partial charge in [0.2, 0.25) is 0 Å². The van der Waals surface area contributed by atoms with Gasteiger partial charge in [0.15, 0.2) is 0 Å². The molecule has 0 fully saturated rings. The summed E-state index contributed by atoms with van der Waals surface area (Å²) in [7, 11) is 0. The van der Waals surface area contributed by atoms with Gasteiger partial charge in [-0.25, -0.2) is 0 Å². The normalized spacial score (nSPS) is 13.0. The van der Waals surface area contributed by atoms with Crippen LogP contribution in [0.1, 0.15) is 290 Å². The molecule has 0 amide bonds. The largest absolute Gasteiger partial charge is 0.309 e. The zero-order chi connectivity index (χ0) is 90.5.